The largest absolute Gasteiger partial charge is 0.451 e. The molecule has 3 rings (SSSR count). The molecule has 1 aliphatic heterocycles. The molecule has 29 heavy (non-hydrogen) atoms. The number of hydrogen-bond donors (Lipinski definition) is 2. The predicted molar refractivity (Wildman–Crippen MR) is 101 cm³/mol. The fourth-order valence-corrected chi connectivity index (χ4v) is 4.49. The van der Waals surface area contributed by atoms with Crippen molar-refractivity contribution in [3.05, 3.63) is 0 Å². The van der Waals surface area contributed by atoms with E-state index in [0.29, 0.717) is 12.8 Å². The Labute approximate surface area is 169 Å². The number of imide groups is 2. The molecule has 9 nitrogen and oxygen atoms in total. The summed E-state index contributed by atoms with van der Waals surface area (Å²) in [6.07, 6.45) is 6.91. The number of hydrogen-bond acceptors (Lipinski definition) is 6. The summed E-state index contributed by atoms with van der Waals surface area (Å²) in [6.45, 7) is 0.838. The van der Waals surface area contributed by atoms with Gasteiger partial charge in [-0.3, -0.25) is 29.4 Å². The minimum atomic E-state index is -1.21. The number of nitrogens with zero attached hydrogens (tertiary/aromatic N) is 1. The van der Waals surface area contributed by atoms with Crippen LogP contribution < -0.4 is 10.6 Å². The Kier molecular flexibility index (Phi) is 6.87. The van der Waals surface area contributed by atoms with Gasteiger partial charge >= 0.3 is 12.0 Å². The van der Waals surface area contributed by atoms with E-state index in [9.17, 15) is 24.0 Å². The molecular formula is C20H29N3O6. The van der Waals surface area contributed by atoms with Crippen molar-refractivity contribution in [2.75, 3.05) is 6.54 Å². The number of esters is 1. The molecule has 160 valence electrons. The smallest absolute Gasteiger partial charge is 0.326 e. The van der Waals surface area contributed by atoms with Gasteiger partial charge in [0.2, 0.25) is 11.8 Å². The number of rotatable bonds is 5. The number of amides is 5. The number of likely N-dealkylation sites (tertiary alicyclic amines) is 1. The monoisotopic (exact) mass is 407 g/mol. The van der Waals surface area contributed by atoms with E-state index in [-0.39, 0.29) is 29.7 Å². The third-order valence-corrected chi connectivity index (χ3v) is 6.07. The van der Waals surface area contributed by atoms with Crippen LogP contribution in [0, 0.1) is 11.8 Å². The number of carbonyl (C=O) groups is 5. The fourth-order valence-electron chi connectivity index (χ4n) is 4.49. The van der Waals surface area contributed by atoms with E-state index in [1.807, 2.05) is 0 Å². The van der Waals surface area contributed by atoms with E-state index in [0.717, 1.165) is 49.8 Å². The van der Waals surface area contributed by atoms with Crippen LogP contribution in [0.25, 0.3) is 0 Å². The van der Waals surface area contributed by atoms with Crippen molar-refractivity contribution in [2.24, 2.45) is 11.8 Å². The van der Waals surface area contributed by atoms with E-state index in [2.05, 4.69) is 10.6 Å². The van der Waals surface area contributed by atoms with Gasteiger partial charge in [-0.15, -0.1) is 0 Å². The van der Waals surface area contributed by atoms with Crippen molar-refractivity contribution >= 4 is 29.7 Å². The van der Waals surface area contributed by atoms with Crippen molar-refractivity contribution in [1.82, 2.24) is 15.5 Å². The zero-order valence-electron chi connectivity index (χ0n) is 16.8. The van der Waals surface area contributed by atoms with E-state index in [1.165, 1.54) is 6.92 Å². The summed E-state index contributed by atoms with van der Waals surface area (Å²) >= 11 is 0. The van der Waals surface area contributed by atoms with Crippen LogP contribution in [0.1, 0.15) is 64.7 Å². The Bertz CT molecular complexity index is 664. The predicted octanol–water partition coefficient (Wildman–Crippen LogP) is 1.25. The molecule has 2 saturated carbocycles. The van der Waals surface area contributed by atoms with Gasteiger partial charge in [0.1, 0.15) is 6.54 Å². The van der Waals surface area contributed by atoms with Crippen molar-refractivity contribution < 1.29 is 28.7 Å². The SMILES string of the molecule is C[C@H](OC(=O)CN1C(=O)[C@H]2CCCC[C@@H]2C1=O)C(=O)NC(=O)NC1CCCCC1. The van der Waals surface area contributed by atoms with Gasteiger partial charge in [0.15, 0.2) is 6.10 Å². The first-order chi connectivity index (χ1) is 13.9. The average Bonchev–Trinajstić information content (AvgIpc) is 2.93. The molecule has 0 radical (unpaired) electrons. The molecule has 0 aromatic rings. The lowest BCUT2D eigenvalue weighted by atomic mass is 9.81. The zero-order valence-corrected chi connectivity index (χ0v) is 16.8. The highest BCUT2D eigenvalue weighted by Gasteiger charge is 2.48. The topological polar surface area (TPSA) is 122 Å². The molecule has 3 atom stereocenters. The van der Waals surface area contributed by atoms with Gasteiger partial charge in [-0.2, -0.15) is 0 Å². The number of nitrogens with one attached hydrogen (secondary N) is 2. The van der Waals surface area contributed by atoms with Gasteiger partial charge in [0.05, 0.1) is 11.8 Å². The van der Waals surface area contributed by atoms with E-state index in [4.69, 9.17) is 4.74 Å². The maximum atomic E-state index is 12.4. The van der Waals surface area contributed by atoms with Crippen LogP contribution >= 0.6 is 0 Å². The van der Waals surface area contributed by atoms with Gasteiger partial charge in [0.25, 0.3) is 5.91 Å². The van der Waals surface area contributed by atoms with Gasteiger partial charge < -0.3 is 10.1 Å². The Balaban J connectivity index is 1.44. The van der Waals surface area contributed by atoms with Gasteiger partial charge in [-0.1, -0.05) is 32.1 Å². The van der Waals surface area contributed by atoms with Crippen LogP contribution in [0.5, 0.6) is 0 Å². The second-order valence-corrected chi connectivity index (χ2v) is 8.19. The minimum absolute atomic E-state index is 0.0464. The van der Waals surface area contributed by atoms with Gasteiger partial charge in [-0.05, 0) is 32.6 Å². The summed E-state index contributed by atoms with van der Waals surface area (Å²) < 4.78 is 5.04. The Hall–Kier alpha value is -2.45. The molecule has 1 heterocycles. The normalized spacial score (nSPS) is 25.9. The number of urea groups is 1. The summed E-state index contributed by atoms with van der Waals surface area (Å²) in [5.41, 5.74) is 0. The van der Waals surface area contributed by atoms with E-state index in [1.54, 1.807) is 0 Å². The lowest BCUT2D eigenvalue weighted by molar-refractivity contribution is -0.159. The van der Waals surface area contributed by atoms with Gasteiger partial charge in [-0.25, -0.2) is 4.79 Å². The average molecular weight is 407 g/mol. The molecule has 1 saturated heterocycles. The van der Waals surface area contributed by atoms with Crippen molar-refractivity contribution in [3.63, 3.8) is 0 Å². The molecule has 0 bridgehead atoms. The highest BCUT2D eigenvalue weighted by Crippen LogP contribution is 2.37. The molecule has 2 aliphatic carbocycles. The van der Waals surface area contributed by atoms with Crippen LogP contribution in [0.4, 0.5) is 4.79 Å². The third-order valence-electron chi connectivity index (χ3n) is 6.07. The molecular weight excluding hydrogens is 378 g/mol. The summed E-state index contributed by atoms with van der Waals surface area (Å²) in [4.78, 5) is 62.0. The molecule has 0 aromatic heterocycles. The number of fused-ring (bicyclic) bond motifs is 1. The summed E-state index contributed by atoms with van der Waals surface area (Å²) in [5, 5.41) is 4.92. The number of carbonyl (C=O) groups excluding carboxylic acids is 5. The van der Waals surface area contributed by atoms with Crippen LogP contribution in [0.2, 0.25) is 0 Å². The summed E-state index contributed by atoms with van der Waals surface area (Å²) in [6, 6.07) is -0.566. The maximum Gasteiger partial charge on any atom is 0.326 e. The summed E-state index contributed by atoms with van der Waals surface area (Å²) in [5.74, 6) is -2.94. The highest BCUT2D eigenvalue weighted by atomic mass is 16.5. The van der Waals surface area contributed by atoms with Crippen molar-refractivity contribution in [3.8, 4) is 0 Å². The van der Waals surface area contributed by atoms with Gasteiger partial charge in [0, 0.05) is 6.04 Å². The molecule has 2 N–H and O–H groups in total. The molecule has 3 aliphatic rings. The van der Waals surface area contributed by atoms with Crippen LogP contribution in [0.15, 0.2) is 0 Å². The van der Waals surface area contributed by atoms with Crippen LogP contribution in [-0.2, 0) is 23.9 Å². The molecule has 0 aromatic carbocycles. The first kappa shape index (κ1) is 21.3. The quantitative estimate of drug-likeness (QED) is 0.522. The second kappa shape index (κ2) is 9.37. The van der Waals surface area contributed by atoms with E-state index >= 15 is 0 Å². The molecule has 5 amide bonds. The van der Waals surface area contributed by atoms with Crippen LogP contribution in [-0.4, -0.2) is 53.3 Å². The molecule has 0 unspecified atom stereocenters. The Morgan fingerprint density at radius 3 is 2.10 bits per heavy atom. The van der Waals surface area contributed by atoms with Crippen molar-refractivity contribution in [2.45, 2.75) is 76.9 Å². The lowest BCUT2D eigenvalue weighted by Crippen LogP contribution is -2.48. The second-order valence-electron chi connectivity index (χ2n) is 8.19. The molecule has 0 spiro atoms. The highest BCUT2D eigenvalue weighted by molar-refractivity contribution is 6.07. The minimum Gasteiger partial charge on any atom is -0.451 e. The Morgan fingerprint density at radius 2 is 1.52 bits per heavy atom. The first-order valence-electron chi connectivity index (χ1n) is 10.5. The lowest BCUT2D eigenvalue weighted by Gasteiger charge is -2.23. The van der Waals surface area contributed by atoms with Crippen molar-refractivity contribution in [1.29, 1.82) is 0 Å². The zero-order chi connectivity index (χ0) is 21.0. The fraction of sp³-hybridized carbons (Fsp3) is 0.750. The number of ether oxygens (including phenoxy) is 1. The Morgan fingerprint density at radius 1 is 0.966 bits per heavy atom. The molecule has 3 fully saturated rings. The van der Waals surface area contributed by atoms with Crippen LogP contribution in [0.3, 0.4) is 0 Å². The molecule has 9 heteroatoms. The summed E-state index contributed by atoms with van der Waals surface area (Å²) in [7, 11) is 0. The standard InChI is InChI=1S/C20H29N3O6/c1-12(17(25)22-20(28)21-13-7-3-2-4-8-13)29-16(24)11-23-18(26)14-9-5-6-10-15(14)19(23)27/h12-15H,2-11H2,1H3,(H2,21,22,25,28)/t12-,14-,15-/m0/s1. The maximum absolute atomic E-state index is 12.4. The first-order valence-corrected chi connectivity index (χ1v) is 10.5. The third kappa shape index (κ3) is 5.13. The van der Waals surface area contributed by atoms with E-state index < -0.39 is 30.6 Å².